The number of halogens is 1. The van der Waals surface area contributed by atoms with E-state index in [0.29, 0.717) is 24.4 Å². The minimum Gasteiger partial charge on any atom is -0.383 e. The van der Waals surface area contributed by atoms with Crippen molar-refractivity contribution < 1.29 is 18.7 Å². The number of ether oxygens (including phenoxy) is 1. The van der Waals surface area contributed by atoms with Crippen molar-refractivity contribution >= 4 is 17.5 Å². The molecule has 2 N–H and O–H groups in total. The molecule has 1 aromatic heterocycles. The van der Waals surface area contributed by atoms with Crippen LogP contribution in [0.3, 0.4) is 0 Å². The highest BCUT2D eigenvalue weighted by atomic mass is 19.1. The molecule has 23 heavy (non-hydrogen) atoms. The number of methoxy groups -OCH3 is 1. The SMILES string of the molecule is COCCNC(=O)c1ccnc(C(=O)Nc2cccc(F)c2)c1. The zero-order valence-corrected chi connectivity index (χ0v) is 12.5. The first-order chi connectivity index (χ1) is 11.1. The topological polar surface area (TPSA) is 80.3 Å². The van der Waals surface area contributed by atoms with Gasteiger partial charge in [-0.1, -0.05) is 6.07 Å². The number of benzene rings is 1. The van der Waals surface area contributed by atoms with Crippen molar-refractivity contribution in [2.24, 2.45) is 0 Å². The first-order valence-corrected chi connectivity index (χ1v) is 6.90. The molecule has 0 saturated heterocycles. The monoisotopic (exact) mass is 317 g/mol. The van der Waals surface area contributed by atoms with Crippen LogP contribution in [0.15, 0.2) is 42.6 Å². The average Bonchev–Trinajstić information content (AvgIpc) is 2.55. The van der Waals surface area contributed by atoms with Crippen molar-refractivity contribution in [1.82, 2.24) is 10.3 Å². The number of amides is 2. The van der Waals surface area contributed by atoms with E-state index in [9.17, 15) is 14.0 Å². The molecule has 0 fully saturated rings. The summed E-state index contributed by atoms with van der Waals surface area (Å²) in [5, 5.41) is 5.17. The number of pyridine rings is 1. The number of aromatic nitrogens is 1. The van der Waals surface area contributed by atoms with Gasteiger partial charge in [0, 0.05) is 31.1 Å². The fraction of sp³-hybridized carbons (Fsp3) is 0.188. The number of hydrogen-bond donors (Lipinski definition) is 2. The van der Waals surface area contributed by atoms with Crippen LogP contribution < -0.4 is 10.6 Å². The maximum absolute atomic E-state index is 13.1. The van der Waals surface area contributed by atoms with Gasteiger partial charge in [-0.2, -0.15) is 0 Å². The number of anilines is 1. The Labute approximate surface area is 132 Å². The Morgan fingerprint density at radius 1 is 1.22 bits per heavy atom. The largest absolute Gasteiger partial charge is 0.383 e. The number of nitrogens with one attached hydrogen (secondary N) is 2. The molecule has 0 saturated carbocycles. The average molecular weight is 317 g/mol. The molecule has 1 aromatic carbocycles. The first kappa shape index (κ1) is 16.6. The van der Waals surface area contributed by atoms with Crippen molar-refractivity contribution in [3.05, 3.63) is 59.7 Å². The maximum atomic E-state index is 13.1. The predicted molar refractivity (Wildman–Crippen MR) is 82.8 cm³/mol. The Morgan fingerprint density at radius 3 is 2.78 bits per heavy atom. The van der Waals surface area contributed by atoms with Gasteiger partial charge in [-0.05, 0) is 30.3 Å². The first-order valence-electron chi connectivity index (χ1n) is 6.90. The van der Waals surface area contributed by atoms with E-state index in [0.717, 1.165) is 0 Å². The van der Waals surface area contributed by atoms with Gasteiger partial charge in [0.2, 0.25) is 0 Å². The Morgan fingerprint density at radius 2 is 2.04 bits per heavy atom. The highest BCUT2D eigenvalue weighted by molar-refractivity contribution is 6.04. The van der Waals surface area contributed by atoms with Crippen molar-refractivity contribution in [2.45, 2.75) is 0 Å². The summed E-state index contributed by atoms with van der Waals surface area (Å²) in [5.41, 5.74) is 0.681. The molecule has 0 radical (unpaired) electrons. The lowest BCUT2D eigenvalue weighted by molar-refractivity contribution is 0.0937. The number of rotatable bonds is 6. The fourth-order valence-electron chi connectivity index (χ4n) is 1.83. The molecule has 1 heterocycles. The van der Waals surface area contributed by atoms with Gasteiger partial charge in [-0.3, -0.25) is 14.6 Å². The highest BCUT2D eigenvalue weighted by Crippen LogP contribution is 2.11. The van der Waals surface area contributed by atoms with E-state index in [1.165, 1.54) is 43.6 Å². The van der Waals surface area contributed by atoms with Crippen LogP contribution in [0.1, 0.15) is 20.8 Å². The molecule has 6 nitrogen and oxygen atoms in total. The van der Waals surface area contributed by atoms with E-state index in [2.05, 4.69) is 15.6 Å². The molecule has 120 valence electrons. The molecule has 2 rings (SSSR count). The fourth-order valence-corrected chi connectivity index (χ4v) is 1.83. The van der Waals surface area contributed by atoms with Gasteiger partial charge in [-0.25, -0.2) is 4.39 Å². The minimum absolute atomic E-state index is 0.0636. The summed E-state index contributed by atoms with van der Waals surface area (Å²) in [5.74, 6) is -1.31. The Balaban J connectivity index is 2.06. The maximum Gasteiger partial charge on any atom is 0.274 e. The molecule has 0 aliphatic heterocycles. The zero-order valence-electron chi connectivity index (χ0n) is 12.5. The Hall–Kier alpha value is -2.80. The van der Waals surface area contributed by atoms with Crippen LogP contribution >= 0.6 is 0 Å². The second-order valence-electron chi connectivity index (χ2n) is 4.64. The zero-order chi connectivity index (χ0) is 16.7. The van der Waals surface area contributed by atoms with Crippen molar-refractivity contribution in [3.63, 3.8) is 0 Å². The normalized spacial score (nSPS) is 10.2. The van der Waals surface area contributed by atoms with Crippen LogP contribution in [0.4, 0.5) is 10.1 Å². The minimum atomic E-state index is -0.526. The van der Waals surface area contributed by atoms with Gasteiger partial charge in [0.15, 0.2) is 0 Å². The number of nitrogens with zero attached hydrogens (tertiary/aromatic N) is 1. The summed E-state index contributed by atoms with van der Waals surface area (Å²) in [6.45, 7) is 0.756. The molecule has 7 heteroatoms. The lowest BCUT2D eigenvalue weighted by Crippen LogP contribution is -2.27. The number of carbonyl (C=O) groups excluding carboxylic acids is 2. The van der Waals surface area contributed by atoms with Gasteiger partial charge in [0.1, 0.15) is 11.5 Å². The standard InChI is InChI=1S/C16H16FN3O3/c1-23-8-7-19-15(21)11-5-6-18-14(9-11)16(22)20-13-4-2-3-12(17)10-13/h2-6,9-10H,7-8H2,1H3,(H,19,21)(H,20,22). The van der Waals surface area contributed by atoms with Crippen LogP contribution in [0.25, 0.3) is 0 Å². The molecule has 2 aromatic rings. The third kappa shape index (κ3) is 4.86. The van der Waals surface area contributed by atoms with Crippen molar-refractivity contribution in [1.29, 1.82) is 0 Å². The van der Waals surface area contributed by atoms with Crippen LogP contribution in [0, 0.1) is 5.82 Å². The van der Waals surface area contributed by atoms with Crippen LogP contribution in [-0.4, -0.2) is 37.1 Å². The summed E-state index contributed by atoms with van der Waals surface area (Å²) in [6, 6.07) is 8.39. The van der Waals surface area contributed by atoms with E-state index in [1.807, 2.05) is 0 Å². The molecule has 2 amide bonds. The van der Waals surface area contributed by atoms with Crippen LogP contribution in [0.2, 0.25) is 0 Å². The lowest BCUT2D eigenvalue weighted by atomic mass is 10.2. The summed E-state index contributed by atoms with van der Waals surface area (Å²) in [7, 11) is 1.54. The number of hydrogen-bond acceptors (Lipinski definition) is 4. The predicted octanol–water partition coefficient (Wildman–Crippen LogP) is 1.85. The quantitative estimate of drug-likeness (QED) is 0.797. The second kappa shape index (κ2) is 8.00. The molecule has 0 spiro atoms. The molecular formula is C16H16FN3O3. The third-order valence-electron chi connectivity index (χ3n) is 2.93. The van der Waals surface area contributed by atoms with Gasteiger partial charge < -0.3 is 15.4 Å². The van der Waals surface area contributed by atoms with E-state index < -0.39 is 11.7 Å². The van der Waals surface area contributed by atoms with E-state index >= 15 is 0 Å². The van der Waals surface area contributed by atoms with Gasteiger partial charge in [0.25, 0.3) is 11.8 Å². The van der Waals surface area contributed by atoms with Gasteiger partial charge in [0.05, 0.1) is 6.61 Å². The lowest BCUT2D eigenvalue weighted by Gasteiger charge is -2.07. The van der Waals surface area contributed by atoms with Gasteiger partial charge >= 0.3 is 0 Å². The summed E-state index contributed by atoms with van der Waals surface area (Å²) < 4.78 is 18.0. The molecule has 0 aliphatic carbocycles. The number of carbonyl (C=O) groups is 2. The summed E-state index contributed by atoms with van der Waals surface area (Å²) in [4.78, 5) is 28.0. The van der Waals surface area contributed by atoms with Crippen LogP contribution in [0.5, 0.6) is 0 Å². The molecular weight excluding hydrogens is 301 g/mol. The van der Waals surface area contributed by atoms with Crippen molar-refractivity contribution in [2.75, 3.05) is 25.6 Å². The molecule has 0 unspecified atom stereocenters. The summed E-state index contributed by atoms with van der Waals surface area (Å²) in [6.07, 6.45) is 1.37. The third-order valence-corrected chi connectivity index (χ3v) is 2.93. The van der Waals surface area contributed by atoms with E-state index in [-0.39, 0.29) is 11.6 Å². The molecule has 0 aliphatic rings. The van der Waals surface area contributed by atoms with E-state index in [4.69, 9.17) is 4.74 Å². The second-order valence-corrected chi connectivity index (χ2v) is 4.64. The Bertz CT molecular complexity index is 706. The smallest absolute Gasteiger partial charge is 0.274 e. The Kier molecular flexibility index (Phi) is 5.76. The summed E-state index contributed by atoms with van der Waals surface area (Å²) >= 11 is 0. The molecule has 0 atom stereocenters. The van der Waals surface area contributed by atoms with Gasteiger partial charge in [-0.15, -0.1) is 0 Å². The molecule has 0 bridgehead atoms. The van der Waals surface area contributed by atoms with E-state index in [1.54, 1.807) is 6.07 Å². The van der Waals surface area contributed by atoms with Crippen LogP contribution in [-0.2, 0) is 4.74 Å². The van der Waals surface area contributed by atoms with Crippen molar-refractivity contribution in [3.8, 4) is 0 Å². The highest BCUT2D eigenvalue weighted by Gasteiger charge is 2.12.